The number of para-hydroxylation sites is 1. The minimum Gasteiger partial charge on any atom is -0.459 e. The zero-order valence-electron chi connectivity index (χ0n) is 21.3. The van der Waals surface area contributed by atoms with E-state index in [0.717, 1.165) is 0 Å². The Labute approximate surface area is 221 Å². The maximum absolute atomic E-state index is 12.1. The third-order valence-electron chi connectivity index (χ3n) is 5.01. The average Bonchev–Trinajstić information content (AvgIpc) is 2.89. The fourth-order valence-corrected chi connectivity index (χ4v) is 3.23. The van der Waals surface area contributed by atoms with Crippen LogP contribution in [-0.2, 0) is 23.9 Å². The van der Waals surface area contributed by atoms with Gasteiger partial charge < -0.3 is 24.8 Å². The molecule has 9 nitrogen and oxygen atoms in total. The van der Waals surface area contributed by atoms with E-state index in [1.807, 2.05) is 30.3 Å². The number of hydrogen-bond acceptors (Lipinski definition) is 7. The SMILES string of the molecule is CC(C)OC(=O)c1ccc(NC(=O)CCCC(=O)OCC(=O)Nc2ccc(Oc3ccccc3)cc2)cc1. The average molecular weight is 519 g/mol. The Morgan fingerprint density at radius 2 is 1.29 bits per heavy atom. The molecule has 9 heteroatoms. The highest BCUT2D eigenvalue weighted by Crippen LogP contribution is 2.22. The van der Waals surface area contributed by atoms with Gasteiger partial charge in [-0.25, -0.2) is 4.79 Å². The van der Waals surface area contributed by atoms with Gasteiger partial charge in [0, 0.05) is 24.2 Å². The summed E-state index contributed by atoms with van der Waals surface area (Å²) in [7, 11) is 0. The molecule has 0 aliphatic heterocycles. The molecule has 0 fully saturated rings. The predicted molar refractivity (Wildman–Crippen MR) is 142 cm³/mol. The lowest BCUT2D eigenvalue weighted by atomic mass is 10.2. The summed E-state index contributed by atoms with van der Waals surface area (Å²) in [4.78, 5) is 48.0. The van der Waals surface area contributed by atoms with Gasteiger partial charge in [0.15, 0.2) is 6.61 Å². The van der Waals surface area contributed by atoms with E-state index in [9.17, 15) is 19.2 Å². The topological polar surface area (TPSA) is 120 Å². The van der Waals surface area contributed by atoms with Gasteiger partial charge in [0.1, 0.15) is 11.5 Å². The van der Waals surface area contributed by atoms with Crippen LogP contribution in [0.4, 0.5) is 11.4 Å². The Kier molecular flexibility index (Phi) is 10.4. The molecule has 0 saturated heterocycles. The Hall–Kier alpha value is -4.66. The van der Waals surface area contributed by atoms with Crippen LogP contribution < -0.4 is 15.4 Å². The van der Waals surface area contributed by atoms with Crippen molar-refractivity contribution in [2.75, 3.05) is 17.2 Å². The second-order valence-corrected chi connectivity index (χ2v) is 8.58. The van der Waals surface area contributed by atoms with Gasteiger partial charge in [0.25, 0.3) is 5.91 Å². The van der Waals surface area contributed by atoms with Crippen molar-refractivity contribution in [1.29, 1.82) is 0 Å². The monoisotopic (exact) mass is 518 g/mol. The summed E-state index contributed by atoms with van der Waals surface area (Å²) in [6, 6.07) is 22.4. The van der Waals surface area contributed by atoms with Crippen LogP contribution in [0.5, 0.6) is 11.5 Å². The van der Waals surface area contributed by atoms with Crippen molar-refractivity contribution in [3.8, 4) is 11.5 Å². The maximum Gasteiger partial charge on any atom is 0.338 e. The number of rotatable bonds is 12. The van der Waals surface area contributed by atoms with Crippen LogP contribution in [0, 0.1) is 0 Å². The second kappa shape index (κ2) is 14.2. The van der Waals surface area contributed by atoms with Crippen molar-refractivity contribution in [2.24, 2.45) is 0 Å². The Balaban J connectivity index is 1.31. The highest BCUT2D eigenvalue weighted by atomic mass is 16.5. The van der Waals surface area contributed by atoms with E-state index in [4.69, 9.17) is 14.2 Å². The predicted octanol–water partition coefficient (Wildman–Crippen LogP) is 5.33. The molecule has 0 unspecified atom stereocenters. The fourth-order valence-electron chi connectivity index (χ4n) is 3.23. The molecule has 198 valence electrons. The minimum absolute atomic E-state index is 0.00774. The second-order valence-electron chi connectivity index (χ2n) is 8.58. The molecule has 38 heavy (non-hydrogen) atoms. The molecule has 0 aromatic heterocycles. The molecule has 3 aromatic rings. The van der Waals surface area contributed by atoms with E-state index in [1.165, 1.54) is 0 Å². The lowest BCUT2D eigenvalue weighted by Crippen LogP contribution is -2.21. The number of amides is 2. The first-order valence-corrected chi connectivity index (χ1v) is 12.2. The summed E-state index contributed by atoms with van der Waals surface area (Å²) in [5.41, 5.74) is 1.44. The number of hydrogen-bond donors (Lipinski definition) is 2. The van der Waals surface area contributed by atoms with Crippen molar-refractivity contribution < 1.29 is 33.4 Å². The first-order valence-electron chi connectivity index (χ1n) is 12.2. The number of benzene rings is 3. The van der Waals surface area contributed by atoms with Gasteiger partial charge in [-0.3, -0.25) is 14.4 Å². The summed E-state index contributed by atoms with van der Waals surface area (Å²) in [6.07, 6.45) is 0.122. The molecule has 0 aliphatic rings. The summed E-state index contributed by atoms with van der Waals surface area (Å²) in [5.74, 6) is -0.452. The third-order valence-corrected chi connectivity index (χ3v) is 5.01. The lowest BCUT2D eigenvalue weighted by molar-refractivity contribution is -0.147. The van der Waals surface area contributed by atoms with Gasteiger partial charge in [0.2, 0.25) is 5.91 Å². The molecular formula is C29H30N2O7. The van der Waals surface area contributed by atoms with Crippen LogP contribution in [0.25, 0.3) is 0 Å². The number of esters is 2. The number of carbonyl (C=O) groups is 4. The molecule has 3 rings (SSSR count). The zero-order chi connectivity index (χ0) is 27.3. The van der Waals surface area contributed by atoms with Gasteiger partial charge in [-0.15, -0.1) is 0 Å². The van der Waals surface area contributed by atoms with Crippen LogP contribution in [-0.4, -0.2) is 36.5 Å². The van der Waals surface area contributed by atoms with Gasteiger partial charge >= 0.3 is 11.9 Å². The zero-order valence-corrected chi connectivity index (χ0v) is 21.3. The van der Waals surface area contributed by atoms with Crippen molar-refractivity contribution in [3.63, 3.8) is 0 Å². The third kappa shape index (κ3) is 9.77. The lowest BCUT2D eigenvalue weighted by Gasteiger charge is -2.09. The smallest absolute Gasteiger partial charge is 0.338 e. The first kappa shape index (κ1) is 27.9. The molecule has 0 aliphatic carbocycles. The number of nitrogens with one attached hydrogen (secondary N) is 2. The van der Waals surface area contributed by atoms with Crippen molar-refractivity contribution in [3.05, 3.63) is 84.4 Å². The van der Waals surface area contributed by atoms with E-state index in [-0.39, 0.29) is 31.3 Å². The fraction of sp³-hybridized carbons (Fsp3) is 0.241. The quantitative estimate of drug-likeness (QED) is 0.311. The standard InChI is InChI=1S/C29H30N2O7/c1-20(2)37-29(35)21-11-13-22(14-12-21)30-26(32)9-6-10-28(34)36-19-27(33)31-23-15-17-25(18-16-23)38-24-7-4-3-5-8-24/h3-5,7-8,11-18,20H,6,9-10,19H2,1-2H3,(H,30,32)(H,31,33). The molecule has 0 atom stereocenters. The van der Waals surface area contributed by atoms with Crippen LogP contribution in [0.3, 0.4) is 0 Å². The number of ether oxygens (including phenoxy) is 3. The highest BCUT2D eigenvalue weighted by molar-refractivity contribution is 5.94. The van der Waals surface area contributed by atoms with E-state index in [1.54, 1.807) is 62.4 Å². The summed E-state index contributed by atoms with van der Waals surface area (Å²) in [6.45, 7) is 3.10. The van der Waals surface area contributed by atoms with Crippen LogP contribution in [0.2, 0.25) is 0 Å². The van der Waals surface area contributed by atoms with Crippen LogP contribution >= 0.6 is 0 Å². The maximum atomic E-state index is 12.1. The minimum atomic E-state index is -0.576. The van der Waals surface area contributed by atoms with E-state index in [2.05, 4.69) is 10.6 Å². The molecule has 2 N–H and O–H groups in total. The molecular weight excluding hydrogens is 488 g/mol. The Morgan fingerprint density at radius 3 is 1.92 bits per heavy atom. The highest BCUT2D eigenvalue weighted by Gasteiger charge is 2.12. The van der Waals surface area contributed by atoms with Gasteiger partial charge in [0.05, 0.1) is 11.7 Å². The van der Waals surface area contributed by atoms with E-state index >= 15 is 0 Å². The Bertz CT molecular complexity index is 1220. The molecule has 2 amide bonds. The molecule has 3 aromatic carbocycles. The summed E-state index contributed by atoms with van der Waals surface area (Å²) >= 11 is 0. The van der Waals surface area contributed by atoms with Crippen molar-refractivity contribution >= 4 is 35.1 Å². The normalized spacial score (nSPS) is 10.4. The molecule has 0 spiro atoms. The molecule has 0 radical (unpaired) electrons. The largest absolute Gasteiger partial charge is 0.459 e. The number of anilines is 2. The van der Waals surface area contributed by atoms with Crippen molar-refractivity contribution in [1.82, 2.24) is 0 Å². The van der Waals surface area contributed by atoms with Gasteiger partial charge in [-0.2, -0.15) is 0 Å². The van der Waals surface area contributed by atoms with Gasteiger partial charge in [-0.1, -0.05) is 18.2 Å². The Morgan fingerprint density at radius 1 is 0.711 bits per heavy atom. The number of carbonyl (C=O) groups excluding carboxylic acids is 4. The first-order chi connectivity index (χ1) is 18.3. The summed E-state index contributed by atoms with van der Waals surface area (Å²) < 4.78 is 15.8. The van der Waals surface area contributed by atoms with Crippen LogP contribution in [0.15, 0.2) is 78.9 Å². The van der Waals surface area contributed by atoms with Crippen molar-refractivity contribution in [2.45, 2.75) is 39.2 Å². The molecule has 0 heterocycles. The molecule has 0 saturated carbocycles. The van der Waals surface area contributed by atoms with E-state index in [0.29, 0.717) is 28.4 Å². The summed E-state index contributed by atoms with van der Waals surface area (Å²) in [5, 5.41) is 5.35. The van der Waals surface area contributed by atoms with Gasteiger partial charge in [-0.05, 0) is 80.9 Å². The molecule has 0 bridgehead atoms. The van der Waals surface area contributed by atoms with E-state index < -0.39 is 24.5 Å². The van der Waals surface area contributed by atoms with Crippen LogP contribution in [0.1, 0.15) is 43.5 Å².